The Balaban J connectivity index is 3.97. The molecule has 0 saturated carbocycles. The average molecular weight is 238 g/mol. The monoisotopic (exact) mass is 238 g/mol. The lowest BCUT2D eigenvalue weighted by Gasteiger charge is -2.19. The van der Waals surface area contributed by atoms with Gasteiger partial charge in [0.2, 0.25) is 0 Å². The van der Waals surface area contributed by atoms with Gasteiger partial charge < -0.3 is 15.4 Å². The maximum Gasteiger partial charge on any atom is 0.407 e. The van der Waals surface area contributed by atoms with E-state index in [-0.39, 0.29) is 0 Å². The van der Waals surface area contributed by atoms with E-state index >= 15 is 0 Å². The van der Waals surface area contributed by atoms with E-state index < -0.39 is 11.7 Å². The summed E-state index contributed by atoms with van der Waals surface area (Å²) in [5.74, 6) is 0. The number of likely N-dealkylation sites (N-methyl/N-ethyl adjacent to an activating group) is 1. The number of hydrogen-bond acceptors (Lipinski definition) is 3. The lowest BCUT2D eigenvalue weighted by molar-refractivity contribution is 0.0533. The van der Waals surface area contributed by atoms with Gasteiger partial charge in [-0.25, -0.2) is 4.79 Å². The van der Waals surface area contributed by atoms with E-state index in [0.717, 1.165) is 11.3 Å². The van der Waals surface area contributed by atoms with Crippen molar-refractivity contribution in [3.8, 4) is 0 Å². The molecule has 0 aliphatic heterocycles. The fraction of sp³-hybridized carbons (Fsp3) is 0.462. The van der Waals surface area contributed by atoms with E-state index in [4.69, 9.17) is 4.74 Å². The van der Waals surface area contributed by atoms with Crippen molar-refractivity contribution in [2.75, 3.05) is 13.6 Å². The Kier molecular flexibility index (Phi) is 6.10. The number of alkyl carbamates (subject to hydrolysis) is 1. The van der Waals surface area contributed by atoms with Crippen LogP contribution >= 0.6 is 0 Å². The number of nitrogens with one attached hydrogen (secondary N) is 2. The van der Waals surface area contributed by atoms with Gasteiger partial charge in [0.15, 0.2) is 0 Å². The quantitative estimate of drug-likeness (QED) is 0.723. The van der Waals surface area contributed by atoms with Crippen LogP contribution in [0.4, 0.5) is 4.79 Å². The molecule has 4 heteroatoms. The number of allylic oxidation sites excluding steroid dienone is 1. The number of rotatable bonds is 5. The first kappa shape index (κ1) is 15.3. The third kappa shape index (κ3) is 9.23. The number of carbonyl (C=O) groups is 1. The van der Waals surface area contributed by atoms with Gasteiger partial charge in [-0.05, 0) is 32.4 Å². The van der Waals surface area contributed by atoms with Gasteiger partial charge in [-0.1, -0.05) is 19.2 Å². The molecule has 0 fully saturated rings. The third-order valence-electron chi connectivity index (χ3n) is 1.70. The lowest BCUT2D eigenvalue weighted by atomic mass is 10.2. The van der Waals surface area contributed by atoms with Gasteiger partial charge in [0.25, 0.3) is 0 Å². The van der Waals surface area contributed by atoms with E-state index in [0.29, 0.717) is 6.54 Å². The van der Waals surface area contributed by atoms with Crippen molar-refractivity contribution < 1.29 is 9.53 Å². The number of amides is 1. The summed E-state index contributed by atoms with van der Waals surface area (Å²) in [5, 5.41) is 5.50. The molecule has 1 amide bonds. The molecule has 0 unspecified atom stereocenters. The van der Waals surface area contributed by atoms with Crippen LogP contribution in [0.3, 0.4) is 0 Å². The zero-order valence-electron chi connectivity index (χ0n) is 11.1. The smallest absolute Gasteiger partial charge is 0.407 e. The van der Waals surface area contributed by atoms with Crippen LogP contribution in [-0.4, -0.2) is 25.3 Å². The van der Waals surface area contributed by atoms with Gasteiger partial charge in [0, 0.05) is 19.3 Å². The fourth-order valence-corrected chi connectivity index (χ4v) is 0.861. The summed E-state index contributed by atoms with van der Waals surface area (Å²) in [6.07, 6.45) is 3.13. The molecular formula is C13H22N2O2. The highest BCUT2D eigenvalue weighted by molar-refractivity contribution is 5.68. The Labute approximate surface area is 103 Å². The first-order chi connectivity index (χ1) is 7.74. The summed E-state index contributed by atoms with van der Waals surface area (Å²) in [7, 11) is 1.79. The van der Waals surface area contributed by atoms with Gasteiger partial charge in [-0.15, -0.1) is 0 Å². The second-order valence-electron chi connectivity index (χ2n) is 4.62. The molecule has 0 spiro atoms. The van der Waals surface area contributed by atoms with Crippen molar-refractivity contribution in [3.05, 3.63) is 36.6 Å². The molecule has 0 aromatic heterocycles. The zero-order valence-corrected chi connectivity index (χ0v) is 11.1. The molecule has 0 aromatic carbocycles. The number of carbonyl (C=O) groups excluding carboxylic acids is 1. The molecule has 0 aliphatic rings. The molecule has 0 atom stereocenters. The minimum absolute atomic E-state index is 0.350. The van der Waals surface area contributed by atoms with Gasteiger partial charge >= 0.3 is 6.09 Å². The zero-order chi connectivity index (χ0) is 13.5. The maximum atomic E-state index is 11.3. The molecule has 0 bridgehead atoms. The van der Waals surface area contributed by atoms with Crippen molar-refractivity contribution >= 4 is 6.09 Å². The molecule has 96 valence electrons. The van der Waals surface area contributed by atoms with Crippen LogP contribution in [-0.2, 0) is 4.74 Å². The third-order valence-corrected chi connectivity index (χ3v) is 1.70. The minimum Gasteiger partial charge on any atom is -0.444 e. The molecular weight excluding hydrogens is 216 g/mol. The Morgan fingerprint density at radius 1 is 1.29 bits per heavy atom. The van der Waals surface area contributed by atoms with Gasteiger partial charge in [0.05, 0.1) is 0 Å². The number of ether oxygens (including phenoxy) is 1. The Morgan fingerprint density at radius 3 is 2.35 bits per heavy atom. The predicted molar refractivity (Wildman–Crippen MR) is 70.7 cm³/mol. The highest BCUT2D eigenvalue weighted by Gasteiger charge is 2.15. The van der Waals surface area contributed by atoms with Gasteiger partial charge in [0.1, 0.15) is 5.60 Å². The van der Waals surface area contributed by atoms with Crippen LogP contribution in [0.15, 0.2) is 36.6 Å². The van der Waals surface area contributed by atoms with E-state index in [1.54, 1.807) is 19.2 Å². The van der Waals surface area contributed by atoms with Crippen LogP contribution in [0.1, 0.15) is 20.8 Å². The lowest BCUT2D eigenvalue weighted by Crippen LogP contribution is -2.33. The van der Waals surface area contributed by atoms with Crippen LogP contribution < -0.4 is 10.6 Å². The molecule has 0 aliphatic carbocycles. The summed E-state index contributed by atoms with van der Waals surface area (Å²) in [6, 6.07) is 0. The Bertz CT molecular complexity index is 325. The van der Waals surface area contributed by atoms with Crippen molar-refractivity contribution in [1.29, 1.82) is 0 Å². The summed E-state index contributed by atoms with van der Waals surface area (Å²) >= 11 is 0. The SMILES string of the molecule is C=C(/C=C\C(=C)NC)CNC(=O)OC(C)(C)C. The molecule has 0 aromatic rings. The van der Waals surface area contributed by atoms with Crippen molar-refractivity contribution in [2.24, 2.45) is 0 Å². The first-order valence-corrected chi connectivity index (χ1v) is 5.44. The van der Waals surface area contributed by atoms with E-state index in [9.17, 15) is 4.79 Å². The molecule has 4 nitrogen and oxygen atoms in total. The van der Waals surface area contributed by atoms with E-state index in [1.165, 1.54) is 0 Å². The summed E-state index contributed by atoms with van der Waals surface area (Å²) in [6.45, 7) is 13.3. The molecule has 17 heavy (non-hydrogen) atoms. The Hall–Kier alpha value is -1.71. The summed E-state index contributed by atoms with van der Waals surface area (Å²) in [4.78, 5) is 11.3. The van der Waals surface area contributed by atoms with Gasteiger partial charge in [-0.3, -0.25) is 0 Å². The standard InChI is InChI=1S/C13H22N2O2/c1-10(7-8-11(2)14-6)9-15-12(16)17-13(3,4)5/h7-8,14H,1-2,9H2,3-6H3,(H,15,16)/b8-7-. The molecule has 0 radical (unpaired) electrons. The van der Waals surface area contributed by atoms with Crippen molar-refractivity contribution in [3.63, 3.8) is 0 Å². The van der Waals surface area contributed by atoms with Crippen LogP contribution in [0, 0.1) is 0 Å². The first-order valence-electron chi connectivity index (χ1n) is 5.44. The van der Waals surface area contributed by atoms with Crippen molar-refractivity contribution in [1.82, 2.24) is 10.6 Å². The average Bonchev–Trinajstić information content (AvgIpc) is 2.20. The number of hydrogen-bond donors (Lipinski definition) is 2. The second kappa shape index (κ2) is 6.78. The maximum absolute atomic E-state index is 11.3. The molecule has 0 saturated heterocycles. The molecule has 0 heterocycles. The van der Waals surface area contributed by atoms with Crippen LogP contribution in [0.2, 0.25) is 0 Å². The Morgan fingerprint density at radius 2 is 1.88 bits per heavy atom. The largest absolute Gasteiger partial charge is 0.444 e. The second-order valence-corrected chi connectivity index (χ2v) is 4.62. The highest BCUT2D eigenvalue weighted by atomic mass is 16.6. The highest BCUT2D eigenvalue weighted by Crippen LogP contribution is 2.06. The minimum atomic E-state index is -0.484. The fourth-order valence-electron chi connectivity index (χ4n) is 0.861. The molecule has 2 N–H and O–H groups in total. The van der Waals surface area contributed by atoms with Crippen LogP contribution in [0.5, 0.6) is 0 Å². The normalized spacial score (nSPS) is 11.1. The van der Waals surface area contributed by atoms with Crippen molar-refractivity contribution in [2.45, 2.75) is 26.4 Å². The van der Waals surface area contributed by atoms with Crippen LogP contribution in [0.25, 0.3) is 0 Å². The molecule has 0 rings (SSSR count). The predicted octanol–water partition coefficient (Wildman–Crippen LogP) is 2.36. The van der Waals surface area contributed by atoms with E-state index in [1.807, 2.05) is 20.8 Å². The summed E-state index contributed by atoms with van der Waals surface area (Å²) in [5.41, 5.74) is 1.07. The van der Waals surface area contributed by atoms with Gasteiger partial charge in [-0.2, -0.15) is 0 Å². The summed E-state index contributed by atoms with van der Waals surface area (Å²) < 4.78 is 5.09. The topological polar surface area (TPSA) is 50.4 Å². The van der Waals surface area contributed by atoms with E-state index in [2.05, 4.69) is 23.8 Å².